The summed E-state index contributed by atoms with van der Waals surface area (Å²) in [6.45, 7) is 2.57. The predicted octanol–water partition coefficient (Wildman–Crippen LogP) is 0.280. The molecule has 0 aliphatic carbocycles. The number of thiazole rings is 1. The van der Waals surface area contributed by atoms with E-state index in [1.165, 1.54) is 5.38 Å². The second kappa shape index (κ2) is 6.00. The molecule has 108 valence electrons. The van der Waals surface area contributed by atoms with Crippen LogP contribution in [-0.2, 0) is 9.53 Å². The molecule has 8 heteroatoms. The van der Waals surface area contributed by atoms with Crippen molar-refractivity contribution in [2.45, 2.75) is 19.4 Å². The number of hydrogen-bond donors (Lipinski definition) is 1. The number of amides is 2. The second-order valence-corrected chi connectivity index (χ2v) is 5.19. The molecule has 1 N–H and O–H groups in total. The first-order valence-corrected chi connectivity index (χ1v) is 7.09. The summed E-state index contributed by atoms with van der Waals surface area (Å²) in [6.07, 6.45) is 0.579. The largest absolute Gasteiger partial charge is 0.461 e. The first-order chi connectivity index (χ1) is 9.52. The van der Waals surface area contributed by atoms with Gasteiger partial charge in [-0.25, -0.2) is 9.78 Å². The Morgan fingerprint density at radius 1 is 1.60 bits per heavy atom. The smallest absolute Gasteiger partial charge is 0.367 e. The number of nitrogens with one attached hydrogen (secondary N) is 1. The van der Waals surface area contributed by atoms with E-state index in [-0.39, 0.29) is 23.2 Å². The highest BCUT2D eigenvalue weighted by molar-refractivity contribution is 7.11. The van der Waals surface area contributed by atoms with Gasteiger partial charge in [0.25, 0.3) is 5.91 Å². The second-order valence-electron chi connectivity index (χ2n) is 4.33. The number of aromatic nitrogens is 1. The monoisotopic (exact) mass is 297 g/mol. The molecule has 2 rings (SSSR count). The van der Waals surface area contributed by atoms with E-state index in [1.807, 2.05) is 0 Å². The zero-order valence-corrected chi connectivity index (χ0v) is 12.0. The Labute approximate surface area is 119 Å². The molecule has 1 aromatic rings. The lowest BCUT2D eigenvalue weighted by atomic mass is 10.2. The lowest BCUT2D eigenvalue weighted by molar-refractivity contribution is -0.128. The van der Waals surface area contributed by atoms with Crippen LogP contribution >= 0.6 is 11.3 Å². The number of hydrogen-bond acceptors (Lipinski definition) is 6. The number of carbonyl (C=O) groups is 3. The number of esters is 1. The predicted molar refractivity (Wildman–Crippen MR) is 71.6 cm³/mol. The Hall–Kier alpha value is -1.96. The van der Waals surface area contributed by atoms with Crippen LogP contribution in [0.3, 0.4) is 0 Å². The summed E-state index contributed by atoms with van der Waals surface area (Å²) >= 11 is 1.04. The van der Waals surface area contributed by atoms with Crippen LogP contribution in [0.4, 0.5) is 0 Å². The minimum Gasteiger partial charge on any atom is -0.461 e. The van der Waals surface area contributed by atoms with Crippen LogP contribution in [-0.4, -0.2) is 53.9 Å². The van der Waals surface area contributed by atoms with E-state index in [2.05, 4.69) is 10.3 Å². The van der Waals surface area contributed by atoms with E-state index in [4.69, 9.17) is 4.74 Å². The van der Waals surface area contributed by atoms with Gasteiger partial charge in [-0.3, -0.25) is 9.59 Å². The molecule has 1 aliphatic rings. The summed E-state index contributed by atoms with van der Waals surface area (Å²) < 4.78 is 4.80. The minimum atomic E-state index is -0.548. The molecule has 0 radical (unpaired) electrons. The van der Waals surface area contributed by atoms with Crippen LogP contribution in [0.25, 0.3) is 0 Å². The average molecular weight is 297 g/mol. The lowest BCUT2D eigenvalue weighted by Gasteiger charge is -2.11. The molecule has 0 saturated carbocycles. The van der Waals surface area contributed by atoms with E-state index in [0.717, 1.165) is 11.3 Å². The third-order valence-electron chi connectivity index (χ3n) is 2.92. The standard InChI is InChI=1S/C12H15N3O4S/c1-3-19-12(18)10-14-8(6-20-10)9(16)13-7-4-5-15(2)11(7)17/h6-7H,3-5H2,1-2H3,(H,13,16). The number of likely N-dealkylation sites (tertiary alicyclic amines) is 1. The van der Waals surface area contributed by atoms with Crippen LogP contribution in [0, 0.1) is 0 Å². The van der Waals surface area contributed by atoms with Crippen molar-refractivity contribution < 1.29 is 19.1 Å². The van der Waals surface area contributed by atoms with Gasteiger partial charge in [0.2, 0.25) is 10.9 Å². The number of nitrogens with zero attached hydrogens (tertiary/aromatic N) is 2. The molecule has 2 amide bonds. The van der Waals surface area contributed by atoms with Crippen LogP contribution < -0.4 is 5.32 Å². The van der Waals surface area contributed by atoms with Gasteiger partial charge in [0.1, 0.15) is 11.7 Å². The highest BCUT2D eigenvalue weighted by atomic mass is 32.1. The van der Waals surface area contributed by atoms with Crippen LogP contribution in [0.15, 0.2) is 5.38 Å². The van der Waals surface area contributed by atoms with Gasteiger partial charge < -0.3 is 15.0 Å². The Morgan fingerprint density at radius 2 is 2.35 bits per heavy atom. The van der Waals surface area contributed by atoms with Crippen molar-refractivity contribution in [3.63, 3.8) is 0 Å². The molecule has 0 spiro atoms. The van der Waals surface area contributed by atoms with Gasteiger partial charge in [0.15, 0.2) is 0 Å². The zero-order chi connectivity index (χ0) is 14.7. The van der Waals surface area contributed by atoms with E-state index in [1.54, 1.807) is 18.9 Å². The van der Waals surface area contributed by atoms with E-state index < -0.39 is 17.9 Å². The zero-order valence-electron chi connectivity index (χ0n) is 11.2. The Balaban J connectivity index is 2.00. The summed E-state index contributed by atoms with van der Waals surface area (Å²) in [5.74, 6) is -1.11. The number of rotatable bonds is 4. The van der Waals surface area contributed by atoms with Gasteiger partial charge in [-0.05, 0) is 13.3 Å². The number of likely N-dealkylation sites (N-methyl/N-ethyl adjacent to an activating group) is 1. The molecule has 7 nitrogen and oxygen atoms in total. The summed E-state index contributed by atoms with van der Waals surface area (Å²) in [5, 5.41) is 4.23. The molecule has 20 heavy (non-hydrogen) atoms. The highest BCUT2D eigenvalue weighted by Gasteiger charge is 2.31. The first kappa shape index (κ1) is 14.4. The van der Waals surface area contributed by atoms with Crippen molar-refractivity contribution in [1.29, 1.82) is 0 Å². The first-order valence-electron chi connectivity index (χ1n) is 6.21. The fourth-order valence-corrected chi connectivity index (χ4v) is 2.54. The fourth-order valence-electron chi connectivity index (χ4n) is 1.85. The molecule has 1 aliphatic heterocycles. The molecule has 1 unspecified atom stereocenters. The van der Waals surface area contributed by atoms with E-state index in [0.29, 0.717) is 13.0 Å². The van der Waals surface area contributed by atoms with E-state index in [9.17, 15) is 14.4 Å². The summed E-state index contributed by atoms with van der Waals surface area (Å²) in [4.78, 5) is 40.6. The molecular formula is C12H15N3O4S. The van der Waals surface area contributed by atoms with Gasteiger partial charge >= 0.3 is 5.97 Å². The summed E-state index contributed by atoms with van der Waals surface area (Å²) in [5.41, 5.74) is 0.125. The van der Waals surface area contributed by atoms with Gasteiger partial charge in [-0.2, -0.15) is 0 Å². The molecule has 2 heterocycles. The number of ether oxygens (including phenoxy) is 1. The van der Waals surface area contributed by atoms with Crippen LogP contribution in [0.2, 0.25) is 0 Å². The molecule has 1 aromatic heterocycles. The van der Waals surface area contributed by atoms with Crippen molar-refractivity contribution in [2.75, 3.05) is 20.2 Å². The Morgan fingerprint density at radius 3 is 2.95 bits per heavy atom. The fraction of sp³-hybridized carbons (Fsp3) is 0.500. The lowest BCUT2D eigenvalue weighted by Crippen LogP contribution is -2.40. The summed E-state index contributed by atoms with van der Waals surface area (Å²) in [6, 6.07) is -0.514. The molecule has 1 fully saturated rings. The summed E-state index contributed by atoms with van der Waals surface area (Å²) in [7, 11) is 1.69. The van der Waals surface area contributed by atoms with Crippen molar-refractivity contribution in [3.8, 4) is 0 Å². The van der Waals surface area contributed by atoms with Crippen molar-refractivity contribution in [1.82, 2.24) is 15.2 Å². The maximum Gasteiger partial charge on any atom is 0.367 e. The van der Waals surface area contributed by atoms with Crippen molar-refractivity contribution in [2.24, 2.45) is 0 Å². The molecule has 0 bridgehead atoms. The van der Waals surface area contributed by atoms with E-state index >= 15 is 0 Å². The van der Waals surface area contributed by atoms with Crippen molar-refractivity contribution >= 4 is 29.1 Å². The maximum atomic E-state index is 12.0. The molecule has 1 atom stereocenters. The van der Waals surface area contributed by atoms with Crippen LogP contribution in [0.5, 0.6) is 0 Å². The van der Waals surface area contributed by atoms with Gasteiger partial charge in [-0.1, -0.05) is 0 Å². The van der Waals surface area contributed by atoms with Gasteiger partial charge in [0.05, 0.1) is 6.61 Å². The average Bonchev–Trinajstić information content (AvgIpc) is 3.02. The third-order valence-corrected chi connectivity index (χ3v) is 3.74. The Kier molecular flexibility index (Phi) is 4.33. The molecular weight excluding hydrogens is 282 g/mol. The maximum absolute atomic E-state index is 12.0. The molecule has 1 saturated heterocycles. The Bertz CT molecular complexity index is 543. The van der Waals surface area contributed by atoms with Gasteiger partial charge in [-0.15, -0.1) is 11.3 Å². The normalized spacial score (nSPS) is 18.2. The quantitative estimate of drug-likeness (QED) is 0.806. The van der Waals surface area contributed by atoms with Crippen molar-refractivity contribution in [3.05, 3.63) is 16.1 Å². The van der Waals surface area contributed by atoms with Gasteiger partial charge in [0, 0.05) is 19.0 Å². The molecule has 0 aromatic carbocycles. The highest BCUT2D eigenvalue weighted by Crippen LogP contribution is 2.13. The van der Waals surface area contributed by atoms with Crippen LogP contribution in [0.1, 0.15) is 33.6 Å². The third kappa shape index (κ3) is 2.96. The SMILES string of the molecule is CCOC(=O)c1nc(C(=O)NC2CCN(C)C2=O)cs1. The number of carbonyl (C=O) groups excluding carboxylic acids is 3. The topological polar surface area (TPSA) is 88.6 Å². The minimum absolute atomic E-state index is 0.112.